The molecule has 4 aromatic rings. The second-order valence-electron chi connectivity index (χ2n) is 10.6. The Bertz CT molecular complexity index is 1670. The van der Waals surface area contributed by atoms with Gasteiger partial charge in [-0.3, -0.25) is 4.79 Å². The third-order valence-corrected chi connectivity index (χ3v) is 7.59. The van der Waals surface area contributed by atoms with Crippen LogP contribution in [0.2, 0.25) is 5.02 Å². The van der Waals surface area contributed by atoms with Crippen LogP contribution in [0.15, 0.2) is 78.9 Å². The van der Waals surface area contributed by atoms with Crippen LogP contribution in [0, 0.1) is 17.2 Å². The van der Waals surface area contributed by atoms with E-state index in [9.17, 15) is 10.1 Å². The Kier molecular flexibility index (Phi) is 10.2. The Labute approximate surface area is 261 Å². The summed E-state index contributed by atoms with van der Waals surface area (Å²) in [6.45, 7) is 4.48. The number of carboxylic acids is 1. The summed E-state index contributed by atoms with van der Waals surface area (Å²) in [4.78, 5) is 11.0. The normalized spacial score (nSPS) is 12.7. The minimum absolute atomic E-state index is 0.0177. The molecule has 1 aliphatic heterocycles. The number of nitrogens with one attached hydrogen (secondary N) is 1. The molecule has 9 heteroatoms. The van der Waals surface area contributed by atoms with E-state index in [4.69, 9.17) is 35.7 Å². The molecule has 0 saturated carbocycles. The number of hydrogen-bond acceptors (Lipinski definition) is 7. The van der Waals surface area contributed by atoms with E-state index in [1.807, 2.05) is 73.7 Å². The lowest BCUT2D eigenvalue weighted by atomic mass is 10.0. The summed E-state index contributed by atoms with van der Waals surface area (Å²) in [5, 5.41) is 22.2. The van der Waals surface area contributed by atoms with Crippen molar-refractivity contribution in [1.82, 2.24) is 5.32 Å². The van der Waals surface area contributed by atoms with E-state index >= 15 is 0 Å². The zero-order chi connectivity index (χ0) is 30.9. The van der Waals surface area contributed by atoms with Crippen molar-refractivity contribution in [3.63, 3.8) is 0 Å². The van der Waals surface area contributed by atoms with Crippen LogP contribution >= 0.6 is 11.6 Å². The van der Waals surface area contributed by atoms with Gasteiger partial charge in [-0.15, -0.1) is 0 Å². The minimum Gasteiger partial charge on any atom is -0.489 e. The number of carboxylic acid groups (broad SMARTS) is 1. The summed E-state index contributed by atoms with van der Waals surface area (Å²) in [7, 11) is 0. The topological polar surface area (TPSA) is 110 Å². The van der Waals surface area contributed by atoms with Crippen molar-refractivity contribution in [2.75, 3.05) is 19.8 Å². The van der Waals surface area contributed by atoms with Crippen molar-refractivity contribution in [3.8, 4) is 40.2 Å². The molecule has 1 heterocycles. The number of rotatable bonds is 13. The first-order chi connectivity index (χ1) is 21.4. The van der Waals surface area contributed by atoms with Crippen LogP contribution in [-0.4, -0.2) is 30.8 Å². The highest BCUT2D eigenvalue weighted by molar-refractivity contribution is 6.34. The maximum atomic E-state index is 11.0. The molecule has 44 heavy (non-hydrogen) atoms. The molecule has 0 amide bonds. The predicted molar refractivity (Wildman–Crippen MR) is 167 cm³/mol. The number of carbonyl (C=O) groups is 1. The molecule has 5 rings (SSSR count). The third kappa shape index (κ3) is 8.01. The van der Waals surface area contributed by atoms with E-state index in [0.29, 0.717) is 54.1 Å². The summed E-state index contributed by atoms with van der Waals surface area (Å²) in [6, 6.07) is 26.7. The minimum atomic E-state index is -0.818. The first-order valence-corrected chi connectivity index (χ1v) is 14.7. The molecule has 0 spiro atoms. The third-order valence-electron chi connectivity index (χ3n) is 7.15. The maximum Gasteiger partial charge on any atom is 0.303 e. The average Bonchev–Trinajstić information content (AvgIpc) is 3.03. The zero-order valence-electron chi connectivity index (χ0n) is 24.3. The lowest BCUT2D eigenvalue weighted by molar-refractivity contribution is -0.137. The van der Waals surface area contributed by atoms with Crippen LogP contribution in [0.1, 0.15) is 35.6 Å². The van der Waals surface area contributed by atoms with Gasteiger partial charge in [0.25, 0.3) is 0 Å². The van der Waals surface area contributed by atoms with Crippen molar-refractivity contribution in [1.29, 1.82) is 5.26 Å². The summed E-state index contributed by atoms with van der Waals surface area (Å²) in [5.74, 6) is 1.82. The van der Waals surface area contributed by atoms with E-state index < -0.39 is 5.97 Å². The monoisotopic (exact) mass is 612 g/mol. The molecule has 226 valence electrons. The van der Waals surface area contributed by atoms with Gasteiger partial charge in [0, 0.05) is 35.7 Å². The van der Waals surface area contributed by atoms with Gasteiger partial charge in [0.1, 0.15) is 37.9 Å². The highest BCUT2D eigenvalue weighted by Gasteiger charge is 2.16. The van der Waals surface area contributed by atoms with Crippen molar-refractivity contribution in [3.05, 3.63) is 106 Å². The highest BCUT2D eigenvalue weighted by Crippen LogP contribution is 2.38. The molecule has 0 radical (unpaired) electrons. The largest absolute Gasteiger partial charge is 0.489 e. The molecule has 2 N–H and O–H groups in total. The molecule has 1 aliphatic rings. The SMILES string of the molecule is C[C@H](CNCc1ccc(OCc2cccc(-c3ccc4c(c3)OCCO4)c2Cl)cc1OCc1cccc(C#N)c1)CC(=O)O. The van der Waals surface area contributed by atoms with Crippen molar-refractivity contribution >= 4 is 17.6 Å². The van der Waals surface area contributed by atoms with Gasteiger partial charge in [-0.05, 0) is 53.9 Å². The average molecular weight is 613 g/mol. The van der Waals surface area contributed by atoms with E-state index in [2.05, 4.69) is 11.4 Å². The Morgan fingerprint density at radius 2 is 1.80 bits per heavy atom. The molecular weight excluding hydrogens is 580 g/mol. The quantitative estimate of drug-likeness (QED) is 0.166. The molecule has 0 saturated heterocycles. The van der Waals surface area contributed by atoms with Crippen LogP contribution in [-0.2, 0) is 24.6 Å². The maximum absolute atomic E-state index is 11.0. The number of hydrogen-bond donors (Lipinski definition) is 2. The van der Waals surface area contributed by atoms with E-state index in [1.54, 1.807) is 12.1 Å². The Balaban J connectivity index is 1.31. The second-order valence-corrected chi connectivity index (χ2v) is 11.0. The fraction of sp³-hybridized carbons (Fsp3) is 0.257. The lowest BCUT2D eigenvalue weighted by Gasteiger charge is -2.19. The molecule has 1 atom stereocenters. The van der Waals surface area contributed by atoms with Gasteiger partial charge >= 0.3 is 5.97 Å². The Morgan fingerprint density at radius 1 is 0.977 bits per heavy atom. The van der Waals surface area contributed by atoms with Gasteiger partial charge in [0.15, 0.2) is 11.5 Å². The Morgan fingerprint density at radius 3 is 2.61 bits per heavy atom. The van der Waals surface area contributed by atoms with Crippen LogP contribution in [0.4, 0.5) is 0 Å². The van der Waals surface area contributed by atoms with E-state index in [0.717, 1.165) is 33.6 Å². The summed E-state index contributed by atoms with van der Waals surface area (Å²) in [5.41, 5.74) is 4.95. The van der Waals surface area contributed by atoms with E-state index in [1.165, 1.54) is 0 Å². The number of nitrogens with zero attached hydrogens (tertiary/aromatic N) is 1. The molecular formula is C35H33ClN2O6. The fourth-order valence-electron chi connectivity index (χ4n) is 4.91. The van der Waals surface area contributed by atoms with Crippen molar-refractivity contribution in [2.24, 2.45) is 5.92 Å². The highest BCUT2D eigenvalue weighted by atomic mass is 35.5. The standard InChI is InChI=1S/C35H33ClN2O6/c1-23(14-34(39)40)19-38-20-27-8-10-29(17-32(27)44-21-25-5-2-4-24(15-25)18-37)43-22-28-6-3-7-30(35(28)36)26-9-11-31-33(16-26)42-13-12-41-31/h2-11,15-17,23,38H,12-14,19-22H2,1H3,(H,39,40)/t23-/m0/s1. The van der Waals surface area contributed by atoms with Crippen molar-refractivity contribution in [2.45, 2.75) is 33.1 Å². The van der Waals surface area contributed by atoms with Crippen LogP contribution in [0.3, 0.4) is 0 Å². The molecule has 0 bridgehead atoms. The fourth-order valence-corrected chi connectivity index (χ4v) is 5.20. The zero-order valence-corrected chi connectivity index (χ0v) is 25.1. The molecule has 8 nitrogen and oxygen atoms in total. The molecule has 0 unspecified atom stereocenters. The number of nitriles is 1. The molecule has 0 aliphatic carbocycles. The number of fused-ring (bicyclic) bond motifs is 1. The van der Waals surface area contributed by atoms with Gasteiger partial charge in [-0.25, -0.2) is 0 Å². The van der Waals surface area contributed by atoms with Gasteiger partial charge in [-0.2, -0.15) is 5.26 Å². The number of ether oxygens (including phenoxy) is 4. The number of benzene rings is 4. The molecule has 0 fully saturated rings. The second kappa shape index (κ2) is 14.6. The molecule has 4 aromatic carbocycles. The first kappa shape index (κ1) is 30.7. The lowest BCUT2D eigenvalue weighted by Crippen LogP contribution is -2.22. The number of aliphatic carboxylic acids is 1. The predicted octanol–water partition coefficient (Wildman–Crippen LogP) is 7.01. The van der Waals surface area contributed by atoms with E-state index in [-0.39, 0.29) is 25.6 Å². The first-order valence-electron chi connectivity index (χ1n) is 14.4. The summed E-state index contributed by atoms with van der Waals surface area (Å²) in [6.07, 6.45) is 0.0940. The van der Waals surface area contributed by atoms with Gasteiger partial charge in [0.2, 0.25) is 0 Å². The van der Waals surface area contributed by atoms with Crippen LogP contribution < -0.4 is 24.3 Å². The van der Waals surface area contributed by atoms with Gasteiger partial charge < -0.3 is 29.4 Å². The van der Waals surface area contributed by atoms with Gasteiger partial charge in [-0.1, -0.05) is 61.0 Å². The van der Waals surface area contributed by atoms with Crippen LogP contribution in [0.5, 0.6) is 23.0 Å². The number of halogens is 1. The van der Waals surface area contributed by atoms with Crippen LogP contribution in [0.25, 0.3) is 11.1 Å². The Hall–Kier alpha value is -4.71. The van der Waals surface area contributed by atoms with Crippen molar-refractivity contribution < 1.29 is 28.8 Å². The molecule has 0 aromatic heterocycles. The summed E-state index contributed by atoms with van der Waals surface area (Å²) < 4.78 is 23.8. The smallest absolute Gasteiger partial charge is 0.303 e. The summed E-state index contributed by atoms with van der Waals surface area (Å²) >= 11 is 6.86. The van der Waals surface area contributed by atoms with Gasteiger partial charge in [0.05, 0.1) is 16.7 Å².